The van der Waals surface area contributed by atoms with Crippen molar-refractivity contribution in [1.82, 2.24) is 20.0 Å². The van der Waals surface area contributed by atoms with Crippen molar-refractivity contribution >= 4 is 11.7 Å². The van der Waals surface area contributed by atoms with Crippen LogP contribution in [-0.4, -0.2) is 31.0 Å². The second-order valence-corrected chi connectivity index (χ2v) is 5.37. The van der Waals surface area contributed by atoms with Gasteiger partial charge in [-0.15, -0.1) is 5.10 Å². The van der Waals surface area contributed by atoms with Crippen LogP contribution in [-0.2, 0) is 0 Å². The van der Waals surface area contributed by atoms with Crippen molar-refractivity contribution in [2.75, 3.05) is 5.73 Å². The third-order valence-electron chi connectivity index (χ3n) is 3.80. The van der Waals surface area contributed by atoms with Crippen molar-refractivity contribution in [2.45, 2.75) is 13.8 Å². The Hall–Kier alpha value is -3.42. The summed E-state index contributed by atoms with van der Waals surface area (Å²) >= 11 is 0. The smallest absolute Gasteiger partial charge is 0.254 e. The van der Waals surface area contributed by atoms with Crippen LogP contribution in [0, 0.1) is 13.8 Å². The van der Waals surface area contributed by atoms with Gasteiger partial charge in [0.15, 0.2) is 0 Å². The predicted molar refractivity (Wildman–Crippen MR) is 88.7 cm³/mol. The minimum Gasteiger partial charge on any atom is -0.508 e. The highest BCUT2D eigenvalue weighted by molar-refractivity contribution is 6.03. The molecule has 122 valence electrons. The van der Waals surface area contributed by atoms with Crippen molar-refractivity contribution < 1.29 is 9.90 Å². The van der Waals surface area contributed by atoms with Gasteiger partial charge in [0.05, 0.1) is 5.69 Å². The molecule has 8 nitrogen and oxygen atoms in total. The van der Waals surface area contributed by atoms with E-state index in [2.05, 4.69) is 15.3 Å². The molecule has 2 aromatic heterocycles. The lowest BCUT2D eigenvalue weighted by Gasteiger charge is -2.12. The van der Waals surface area contributed by atoms with Gasteiger partial charge in [-0.2, -0.15) is 10.2 Å². The summed E-state index contributed by atoms with van der Waals surface area (Å²) in [5.41, 5.74) is 14.3. The van der Waals surface area contributed by atoms with Crippen LogP contribution in [0.2, 0.25) is 0 Å². The molecule has 0 aliphatic rings. The summed E-state index contributed by atoms with van der Waals surface area (Å²) in [6.45, 7) is 3.60. The molecule has 8 heteroatoms. The fourth-order valence-corrected chi connectivity index (χ4v) is 2.60. The van der Waals surface area contributed by atoms with Crippen molar-refractivity contribution in [3.63, 3.8) is 0 Å². The number of nitrogens with two attached hydrogens (primary N) is 2. The molecule has 0 saturated heterocycles. The number of carbonyl (C=O) groups excluding carboxylic acids is 1. The molecule has 1 amide bonds. The maximum absolute atomic E-state index is 11.9. The summed E-state index contributed by atoms with van der Waals surface area (Å²) in [6.07, 6.45) is 1.51. The Kier molecular flexibility index (Phi) is 3.64. The number of aryl methyl sites for hydroxylation is 1. The summed E-state index contributed by atoms with van der Waals surface area (Å²) in [5, 5.41) is 22.1. The number of amides is 1. The van der Waals surface area contributed by atoms with E-state index < -0.39 is 5.91 Å². The molecule has 0 atom stereocenters. The largest absolute Gasteiger partial charge is 0.508 e. The third-order valence-corrected chi connectivity index (χ3v) is 3.80. The number of aromatic hydroxyl groups is 1. The van der Waals surface area contributed by atoms with Gasteiger partial charge in [-0.1, -0.05) is 6.07 Å². The third kappa shape index (κ3) is 2.34. The maximum atomic E-state index is 11.9. The first-order valence-corrected chi connectivity index (χ1v) is 7.17. The minimum atomic E-state index is -0.713. The SMILES string of the molecule is Cc1ccc(O)c(C)c1-n1nc(-c2cccnn2)c(C(N)=O)c1N. The first kappa shape index (κ1) is 15.5. The number of phenolic OH excluding ortho intramolecular Hbond substituents is 1. The Morgan fingerprint density at radius 1 is 1.25 bits per heavy atom. The Labute approximate surface area is 137 Å². The standard InChI is InChI=1S/C16H16N6O2/c1-8-5-6-11(23)9(2)14(8)22-15(17)12(16(18)24)13(21-22)10-4-3-7-19-20-10/h3-7,23H,17H2,1-2H3,(H2,18,24). The van der Waals surface area contributed by atoms with E-state index in [0.29, 0.717) is 16.9 Å². The van der Waals surface area contributed by atoms with Crippen LogP contribution in [0.15, 0.2) is 30.5 Å². The Bertz CT molecular complexity index is 933. The van der Waals surface area contributed by atoms with Crippen LogP contribution < -0.4 is 11.5 Å². The highest BCUT2D eigenvalue weighted by atomic mass is 16.3. The van der Waals surface area contributed by atoms with Crippen molar-refractivity contribution in [2.24, 2.45) is 5.73 Å². The summed E-state index contributed by atoms with van der Waals surface area (Å²) in [5.74, 6) is -0.526. The molecule has 3 rings (SSSR count). The van der Waals surface area contributed by atoms with E-state index in [1.807, 2.05) is 6.92 Å². The maximum Gasteiger partial charge on any atom is 0.254 e. The minimum absolute atomic E-state index is 0.0673. The number of anilines is 1. The lowest BCUT2D eigenvalue weighted by Crippen LogP contribution is -2.15. The van der Waals surface area contributed by atoms with Crippen molar-refractivity contribution in [3.05, 3.63) is 47.2 Å². The molecule has 24 heavy (non-hydrogen) atoms. The van der Waals surface area contributed by atoms with Crippen LogP contribution in [0.1, 0.15) is 21.5 Å². The summed E-state index contributed by atoms with van der Waals surface area (Å²) in [4.78, 5) is 11.9. The fraction of sp³-hybridized carbons (Fsp3) is 0.125. The molecular formula is C16H16N6O2. The van der Waals surface area contributed by atoms with Gasteiger partial charge in [-0.25, -0.2) is 4.68 Å². The fourth-order valence-electron chi connectivity index (χ4n) is 2.60. The number of aromatic nitrogens is 4. The molecular weight excluding hydrogens is 308 g/mol. The lowest BCUT2D eigenvalue weighted by atomic mass is 10.1. The van der Waals surface area contributed by atoms with Gasteiger partial charge in [0.1, 0.15) is 28.5 Å². The summed E-state index contributed by atoms with van der Waals surface area (Å²) in [6, 6.07) is 6.66. The van der Waals surface area contributed by atoms with Crippen LogP contribution >= 0.6 is 0 Å². The molecule has 0 bridgehead atoms. The highest BCUT2D eigenvalue weighted by Crippen LogP contribution is 2.32. The highest BCUT2D eigenvalue weighted by Gasteiger charge is 2.25. The van der Waals surface area contributed by atoms with E-state index in [4.69, 9.17) is 11.5 Å². The number of nitrogen functional groups attached to an aromatic ring is 1. The quantitative estimate of drug-likeness (QED) is 0.665. The van der Waals surface area contributed by atoms with Crippen LogP contribution in [0.25, 0.3) is 17.1 Å². The normalized spacial score (nSPS) is 10.8. The lowest BCUT2D eigenvalue weighted by molar-refractivity contribution is 0.100. The first-order valence-electron chi connectivity index (χ1n) is 7.17. The number of rotatable bonds is 3. The number of primary amides is 1. The van der Waals surface area contributed by atoms with Gasteiger partial charge < -0.3 is 16.6 Å². The average Bonchev–Trinajstić information content (AvgIpc) is 2.90. The van der Waals surface area contributed by atoms with Gasteiger partial charge in [-0.3, -0.25) is 4.79 Å². The van der Waals surface area contributed by atoms with E-state index in [-0.39, 0.29) is 22.8 Å². The van der Waals surface area contributed by atoms with E-state index in [1.54, 1.807) is 31.2 Å². The van der Waals surface area contributed by atoms with Crippen molar-refractivity contribution in [3.8, 4) is 22.8 Å². The molecule has 0 radical (unpaired) electrons. The molecule has 2 heterocycles. The van der Waals surface area contributed by atoms with Crippen LogP contribution in [0.3, 0.4) is 0 Å². The second kappa shape index (κ2) is 5.65. The zero-order valence-electron chi connectivity index (χ0n) is 13.2. The second-order valence-electron chi connectivity index (χ2n) is 5.37. The Morgan fingerprint density at radius 2 is 2.00 bits per heavy atom. The average molecular weight is 324 g/mol. The molecule has 0 aliphatic heterocycles. The number of phenols is 1. The van der Waals surface area contributed by atoms with Gasteiger partial charge in [0.2, 0.25) is 0 Å². The van der Waals surface area contributed by atoms with Crippen LogP contribution in [0.5, 0.6) is 5.75 Å². The van der Waals surface area contributed by atoms with E-state index in [9.17, 15) is 9.90 Å². The molecule has 3 aromatic rings. The van der Waals surface area contributed by atoms with E-state index >= 15 is 0 Å². The molecule has 5 N–H and O–H groups in total. The summed E-state index contributed by atoms with van der Waals surface area (Å²) < 4.78 is 1.40. The van der Waals surface area contributed by atoms with Gasteiger partial charge in [0.25, 0.3) is 5.91 Å². The van der Waals surface area contributed by atoms with Gasteiger partial charge >= 0.3 is 0 Å². The molecule has 0 saturated carbocycles. The number of hydrogen-bond acceptors (Lipinski definition) is 6. The molecule has 0 unspecified atom stereocenters. The molecule has 0 fully saturated rings. The number of hydrogen-bond donors (Lipinski definition) is 3. The molecule has 0 aliphatic carbocycles. The monoisotopic (exact) mass is 324 g/mol. The van der Waals surface area contributed by atoms with Gasteiger partial charge in [0, 0.05) is 11.8 Å². The molecule has 0 spiro atoms. The Morgan fingerprint density at radius 3 is 2.62 bits per heavy atom. The number of benzene rings is 1. The number of carbonyl (C=O) groups is 1. The number of nitrogens with zero attached hydrogens (tertiary/aromatic N) is 4. The summed E-state index contributed by atoms with van der Waals surface area (Å²) in [7, 11) is 0. The first-order chi connectivity index (χ1) is 11.4. The zero-order chi connectivity index (χ0) is 17.4. The Balaban J connectivity index is 2.33. The van der Waals surface area contributed by atoms with E-state index in [1.165, 1.54) is 10.9 Å². The zero-order valence-corrected chi connectivity index (χ0v) is 13.2. The van der Waals surface area contributed by atoms with Crippen LogP contribution in [0.4, 0.5) is 5.82 Å². The topological polar surface area (TPSA) is 133 Å². The predicted octanol–water partition coefficient (Wildman–Crippen LogP) is 1.33. The van der Waals surface area contributed by atoms with E-state index in [0.717, 1.165) is 5.56 Å². The van der Waals surface area contributed by atoms with Gasteiger partial charge in [-0.05, 0) is 37.6 Å². The van der Waals surface area contributed by atoms with Crippen molar-refractivity contribution in [1.29, 1.82) is 0 Å². The molecule has 1 aromatic carbocycles.